The van der Waals surface area contributed by atoms with Gasteiger partial charge in [-0.05, 0) is 32.0 Å². The van der Waals surface area contributed by atoms with Gasteiger partial charge in [-0.3, -0.25) is 9.59 Å². The second-order valence-corrected chi connectivity index (χ2v) is 8.22. The van der Waals surface area contributed by atoms with Gasteiger partial charge in [-0.1, -0.05) is 17.7 Å². The van der Waals surface area contributed by atoms with Crippen LogP contribution in [0.15, 0.2) is 30.6 Å². The first-order valence-electron chi connectivity index (χ1n) is 9.59. The number of nitrogen functional groups attached to an aromatic ring is 1. The van der Waals surface area contributed by atoms with Crippen molar-refractivity contribution < 1.29 is 9.59 Å². The Labute approximate surface area is 183 Å². The molecule has 0 atom stereocenters. The van der Waals surface area contributed by atoms with Crippen LogP contribution in [0, 0.1) is 11.3 Å². The Bertz CT molecular complexity index is 1270. The lowest BCUT2D eigenvalue weighted by molar-refractivity contribution is -0.145. The minimum absolute atomic E-state index is 0.154. The number of benzene rings is 1. The molecule has 9 nitrogen and oxygen atoms in total. The SMILES string of the molecule is CC(=O)N1CCN(c2cc(-c3cc(C#N)c4c(N)ncnn34)ccc2Cl)C(=O)C1(C)C. The second-order valence-electron chi connectivity index (χ2n) is 7.81. The molecule has 2 aromatic heterocycles. The second kappa shape index (κ2) is 7.25. The van der Waals surface area contributed by atoms with Gasteiger partial charge in [0.1, 0.15) is 23.5 Å². The van der Waals surface area contributed by atoms with E-state index in [0.717, 1.165) is 0 Å². The zero-order chi connectivity index (χ0) is 22.5. The molecule has 0 spiro atoms. The number of carbonyl (C=O) groups is 2. The number of aromatic nitrogens is 3. The van der Waals surface area contributed by atoms with Gasteiger partial charge in [0, 0.05) is 25.6 Å². The van der Waals surface area contributed by atoms with Gasteiger partial charge in [-0.25, -0.2) is 9.50 Å². The van der Waals surface area contributed by atoms with Crippen molar-refractivity contribution >= 4 is 40.4 Å². The maximum atomic E-state index is 13.3. The van der Waals surface area contributed by atoms with Crippen molar-refractivity contribution in [2.75, 3.05) is 23.7 Å². The third-order valence-electron chi connectivity index (χ3n) is 5.61. The molecular formula is C21H20ClN7O2. The lowest BCUT2D eigenvalue weighted by Crippen LogP contribution is -2.64. The van der Waals surface area contributed by atoms with Crippen LogP contribution in [0.25, 0.3) is 16.8 Å². The quantitative estimate of drug-likeness (QED) is 0.657. The molecule has 2 amide bonds. The molecule has 0 radical (unpaired) electrons. The summed E-state index contributed by atoms with van der Waals surface area (Å²) in [6, 6.07) is 9.05. The largest absolute Gasteiger partial charge is 0.382 e. The van der Waals surface area contributed by atoms with Gasteiger partial charge in [-0.2, -0.15) is 10.4 Å². The fourth-order valence-corrected chi connectivity index (χ4v) is 4.26. The molecule has 1 aromatic carbocycles. The molecule has 1 aliphatic rings. The molecule has 3 aromatic rings. The van der Waals surface area contributed by atoms with E-state index in [-0.39, 0.29) is 17.6 Å². The molecule has 1 saturated heterocycles. The number of amides is 2. The first kappa shape index (κ1) is 20.6. The van der Waals surface area contributed by atoms with Crippen LogP contribution in [-0.2, 0) is 9.59 Å². The topological polar surface area (TPSA) is 121 Å². The van der Waals surface area contributed by atoms with Crippen molar-refractivity contribution in [2.24, 2.45) is 0 Å². The molecule has 1 aliphatic heterocycles. The molecular weight excluding hydrogens is 418 g/mol. The summed E-state index contributed by atoms with van der Waals surface area (Å²) < 4.78 is 1.55. The molecule has 0 saturated carbocycles. The number of nitriles is 1. The number of halogens is 1. The van der Waals surface area contributed by atoms with Crippen molar-refractivity contribution in [3.63, 3.8) is 0 Å². The first-order chi connectivity index (χ1) is 14.7. The zero-order valence-corrected chi connectivity index (χ0v) is 18.0. The summed E-state index contributed by atoms with van der Waals surface area (Å²) in [7, 11) is 0. The molecule has 2 N–H and O–H groups in total. The van der Waals surface area contributed by atoms with Crippen LogP contribution in [0.3, 0.4) is 0 Å². The summed E-state index contributed by atoms with van der Waals surface area (Å²) in [4.78, 5) is 32.3. The normalized spacial score (nSPS) is 15.9. The minimum atomic E-state index is -0.999. The standard InChI is InChI=1S/C21H20ClN7O2/c1-12(30)28-7-6-27(20(31)21(28,2)3)17-8-13(4-5-15(17)22)16-9-14(10-23)18-19(24)25-11-26-29(16)18/h4-5,8-9,11H,6-7H2,1-3H3,(H2,24,25,26). The lowest BCUT2D eigenvalue weighted by Gasteiger charge is -2.45. The van der Waals surface area contributed by atoms with Crippen molar-refractivity contribution in [2.45, 2.75) is 26.3 Å². The molecule has 4 rings (SSSR count). The van der Waals surface area contributed by atoms with Crippen molar-refractivity contribution in [1.82, 2.24) is 19.5 Å². The first-order valence-corrected chi connectivity index (χ1v) is 9.97. The fourth-order valence-electron chi connectivity index (χ4n) is 4.05. The van der Waals surface area contributed by atoms with E-state index in [0.29, 0.717) is 46.1 Å². The Kier molecular flexibility index (Phi) is 4.82. The molecule has 158 valence electrons. The number of piperazine rings is 1. The van der Waals surface area contributed by atoms with Gasteiger partial charge in [0.25, 0.3) is 5.91 Å². The number of anilines is 2. The summed E-state index contributed by atoms with van der Waals surface area (Å²) in [5.74, 6) is -0.180. The van der Waals surface area contributed by atoms with E-state index in [1.807, 2.05) is 0 Å². The van der Waals surface area contributed by atoms with Gasteiger partial charge in [0.2, 0.25) is 5.91 Å². The van der Waals surface area contributed by atoms with Crippen LogP contribution >= 0.6 is 11.6 Å². The molecule has 0 aliphatic carbocycles. The van der Waals surface area contributed by atoms with Gasteiger partial charge in [0.05, 0.1) is 22.0 Å². The predicted octanol–water partition coefficient (Wildman–Crippen LogP) is 2.48. The molecule has 31 heavy (non-hydrogen) atoms. The van der Waals surface area contributed by atoms with Crippen molar-refractivity contribution in [1.29, 1.82) is 5.26 Å². The maximum absolute atomic E-state index is 13.3. The average molecular weight is 438 g/mol. The summed E-state index contributed by atoms with van der Waals surface area (Å²) in [5, 5.41) is 14.1. The third kappa shape index (κ3) is 3.16. The van der Waals surface area contributed by atoms with E-state index in [4.69, 9.17) is 17.3 Å². The average Bonchev–Trinajstić information content (AvgIpc) is 3.10. The summed E-state index contributed by atoms with van der Waals surface area (Å²) in [6.07, 6.45) is 1.32. The monoisotopic (exact) mass is 437 g/mol. The number of nitrogens with zero attached hydrogens (tertiary/aromatic N) is 6. The highest BCUT2D eigenvalue weighted by atomic mass is 35.5. The predicted molar refractivity (Wildman–Crippen MR) is 116 cm³/mol. The maximum Gasteiger partial charge on any atom is 0.252 e. The van der Waals surface area contributed by atoms with Gasteiger partial charge < -0.3 is 15.5 Å². The Morgan fingerprint density at radius 2 is 2.03 bits per heavy atom. The zero-order valence-electron chi connectivity index (χ0n) is 17.3. The van der Waals surface area contributed by atoms with Crippen molar-refractivity contribution in [3.8, 4) is 17.3 Å². The summed E-state index contributed by atoms with van der Waals surface area (Å²) in [6.45, 7) is 5.61. The highest BCUT2D eigenvalue weighted by Gasteiger charge is 2.44. The van der Waals surface area contributed by atoms with E-state index in [2.05, 4.69) is 16.2 Å². The highest BCUT2D eigenvalue weighted by molar-refractivity contribution is 6.34. The Morgan fingerprint density at radius 3 is 2.71 bits per heavy atom. The number of hydrogen-bond acceptors (Lipinski definition) is 6. The van der Waals surface area contributed by atoms with E-state index in [1.54, 1.807) is 52.4 Å². The summed E-state index contributed by atoms with van der Waals surface area (Å²) in [5.41, 5.74) is 7.56. The van der Waals surface area contributed by atoms with Crippen LogP contribution in [0.5, 0.6) is 0 Å². The van der Waals surface area contributed by atoms with Crippen LogP contribution in [-0.4, -0.2) is 49.9 Å². The van der Waals surface area contributed by atoms with Crippen LogP contribution in [0.1, 0.15) is 26.3 Å². The Balaban J connectivity index is 1.82. The molecule has 0 unspecified atom stereocenters. The lowest BCUT2D eigenvalue weighted by atomic mass is 9.96. The number of nitrogens with two attached hydrogens (primary N) is 1. The van der Waals surface area contributed by atoms with Crippen molar-refractivity contribution in [3.05, 3.63) is 41.2 Å². The van der Waals surface area contributed by atoms with Crippen LogP contribution in [0.2, 0.25) is 5.02 Å². The van der Waals surface area contributed by atoms with Gasteiger partial charge >= 0.3 is 0 Å². The van der Waals surface area contributed by atoms with Crippen LogP contribution < -0.4 is 10.6 Å². The molecule has 0 bridgehead atoms. The van der Waals surface area contributed by atoms with E-state index < -0.39 is 5.54 Å². The van der Waals surface area contributed by atoms with Gasteiger partial charge in [-0.15, -0.1) is 0 Å². The van der Waals surface area contributed by atoms with E-state index in [9.17, 15) is 14.9 Å². The highest BCUT2D eigenvalue weighted by Crippen LogP contribution is 2.36. The van der Waals surface area contributed by atoms with E-state index in [1.165, 1.54) is 13.3 Å². The smallest absolute Gasteiger partial charge is 0.252 e. The van der Waals surface area contributed by atoms with E-state index >= 15 is 0 Å². The van der Waals surface area contributed by atoms with Crippen LogP contribution in [0.4, 0.5) is 11.5 Å². The Morgan fingerprint density at radius 1 is 1.29 bits per heavy atom. The number of rotatable bonds is 2. The van der Waals surface area contributed by atoms with Gasteiger partial charge in [0.15, 0.2) is 5.82 Å². The molecule has 3 heterocycles. The number of carbonyl (C=O) groups excluding carboxylic acids is 2. The number of hydrogen-bond donors (Lipinski definition) is 1. The number of fused-ring (bicyclic) bond motifs is 1. The Hall–Kier alpha value is -3.64. The fraction of sp³-hybridized carbons (Fsp3) is 0.286. The molecule has 1 fully saturated rings. The summed E-state index contributed by atoms with van der Waals surface area (Å²) >= 11 is 6.47. The third-order valence-corrected chi connectivity index (χ3v) is 5.93. The molecule has 10 heteroatoms. The minimum Gasteiger partial charge on any atom is -0.382 e.